The maximum atomic E-state index is 12.3. The van der Waals surface area contributed by atoms with Gasteiger partial charge in [-0.3, -0.25) is 20.4 Å². The summed E-state index contributed by atoms with van der Waals surface area (Å²) in [7, 11) is 0. The van der Waals surface area contributed by atoms with E-state index in [1.807, 2.05) is 10.9 Å². The number of amides is 2. The maximum Gasteiger partial charge on any atom is 0.422 e. The number of aromatic nitrogens is 3. The lowest BCUT2D eigenvalue weighted by Crippen LogP contribution is -2.42. The standard InChI is InChI=1S/C18H14F3N5O4/c19-18(20,21)10-30-17-12(7-4-8-22-17)15(28)23-24-16(29)14-13(27)9-26(25-14)11-5-2-1-3-6-11/h1-9,27H,10H2,(H,23,28)(H,24,29). The average Bonchev–Trinajstić information content (AvgIpc) is 3.12. The van der Waals surface area contributed by atoms with E-state index in [0.29, 0.717) is 5.69 Å². The molecule has 0 aliphatic carbocycles. The van der Waals surface area contributed by atoms with Crippen molar-refractivity contribution in [3.05, 3.63) is 66.1 Å². The first-order valence-electron chi connectivity index (χ1n) is 8.34. The molecule has 3 rings (SSSR count). The van der Waals surface area contributed by atoms with Crippen LogP contribution in [0.25, 0.3) is 5.69 Å². The van der Waals surface area contributed by atoms with Gasteiger partial charge in [0.25, 0.3) is 11.8 Å². The van der Waals surface area contributed by atoms with Crippen molar-refractivity contribution < 1.29 is 32.6 Å². The molecule has 3 N–H and O–H groups in total. The van der Waals surface area contributed by atoms with Crippen LogP contribution in [0.3, 0.4) is 0 Å². The molecule has 156 valence electrons. The molecule has 0 bridgehead atoms. The minimum Gasteiger partial charge on any atom is -0.504 e. The Morgan fingerprint density at radius 3 is 2.47 bits per heavy atom. The highest BCUT2D eigenvalue weighted by molar-refractivity contribution is 6.00. The van der Waals surface area contributed by atoms with Gasteiger partial charge in [-0.05, 0) is 24.3 Å². The van der Waals surface area contributed by atoms with Crippen LogP contribution in [0.5, 0.6) is 11.6 Å². The molecule has 0 aliphatic rings. The lowest BCUT2D eigenvalue weighted by atomic mass is 10.2. The van der Waals surface area contributed by atoms with Crippen LogP contribution in [-0.4, -0.2) is 44.5 Å². The zero-order valence-electron chi connectivity index (χ0n) is 15.1. The largest absolute Gasteiger partial charge is 0.504 e. The number of benzene rings is 1. The molecule has 3 aromatic rings. The molecule has 2 heterocycles. The minimum absolute atomic E-state index is 0.332. The third kappa shape index (κ3) is 5.04. The Labute approximate surface area is 167 Å². The molecule has 0 spiro atoms. The summed E-state index contributed by atoms with van der Waals surface area (Å²) < 4.78 is 42.8. The Balaban J connectivity index is 1.67. The summed E-state index contributed by atoms with van der Waals surface area (Å²) in [5.74, 6) is -2.92. The molecule has 0 saturated carbocycles. The first-order valence-corrected chi connectivity index (χ1v) is 8.34. The van der Waals surface area contributed by atoms with Crippen molar-refractivity contribution in [3.63, 3.8) is 0 Å². The number of hydrogen-bond acceptors (Lipinski definition) is 6. The van der Waals surface area contributed by atoms with Crippen molar-refractivity contribution >= 4 is 11.8 Å². The van der Waals surface area contributed by atoms with Crippen LogP contribution in [0.15, 0.2) is 54.9 Å². The van der Waals surface area contributed by atoms with E-state index >= 15 is 0 Å². The summed E-state index contributed by atoms with van der Waals surface area (Å²) >= 11 is 0. The van der Waals surface area contributed by atoms with Gasteiger partial charge in [0.05, 0.1) is 11.9 Å². The van der Waals surface area contributed by atoms with E-state index in [9.17, 15) is 27.9 Å². The molecule has 0 fully saturated rings. The van der Waals surface area contributed by atoms with Crippen LogP contribution in [0.4, 0.5) is 13.2 Å². The molecule has 0 saturated heterocycles. The fourth-order valence-corrected chi connectivity index (χ4v) is 2.31. The summed E-state index contributed by atoms with van der Waals surface area (Å²) in [5.41, 5.74) is 3.91. The predicted molar refractivity (Wildman–Crippen MR) is 95.9 cm³/mol. The van der Waals surface area contributed by atoms with Crippen LogP contribution >= 0.6 is 0 Å². The number of halogens is 3. The van der Waals surface area contributed by atoms with Gasteiger partial charge < -0.3 is 9.84 Å². The Morgan fingerprint density at radius 1 is 1.07 bits per heavy atom. The molecule has 0 aliphatic heterocycles. The second kappa shape index (κ2) is 8.51. The fourth-order valence-electron chi connectivity index (χ4n) is 2.31. The van der Waals surface area contributed by atoms with Gasteiger partial charge in [-0.25, -0.2) is 9.67 Å². The third-order valence-electron chi connectivity index (χ3n) is 3.61. The molecule has 0 radical (unpaired) electrons. The monoisotopic (exact) mass is 421 g/mol. The Kier molecular flexibility index (Phi) is 5.85. The summed E-state index contributed by atoms with van der Waals surface area (Å²) in [6.07, 6.45) is -2.26. The maximum absolute atomic E-state index is 12.3. The van der Waals surface area contributed by atoms with E-state index in [0.717, 1.165) is 6.20 Å². The van der Waals surface area contributed by atoms with Crippen LogP contribution in [0.1, 0.15) is 20.8 Å². The number of nitrogens with zero attached hydrogens (tertiary/aromatic N) is 3. The fraction of sp³-hybridized carbons (Fsp3) is 0.111. The van der Waals surface area contributed by atoms with Crippen molar-refractivity contribution in [1.82, 2.24) is 25.6 Å². The summed E-state index contributed by atoms with van der Waals surface area (Å²) in [6, 6.07) is 11.1. The molecule has 9 nitrogen and oxygen atoms in total. The smallest absolute Gasteiger partial charge is 0.422 e. The van der Waals surface area contributed by atoms with Gasteiger partial charge in [-0.15, -0.1) is 0 Å². The van der Waals surface area contributed by atoms with Crippen LogP contribution in [0, 0.1) is 0 Å². The zero-order valence-corrected chi connectivity index (χ0v) is 15.1. The van der Waals surface area contributed by atoms with Gasteiger partial charge in [0, 0.05) is 6.20 Å². The number of carbonyl (C=O) groups is 2. The zero-order chi connectivity index (χ0) is 21.7. The number of hydrazine groups is 1. The highest BCUT2D eigenvalue weighted by atomic mass is 19.4. The highest BCUT2D eigenvalue weighted by Gasteiger charge is 2.29. The highest BCUT2D eigenvalue weighted by Crippen LogP contribution is 2.20. The molecule has 30 heavy (non-hydrogen) atoms. The molecular weight excluding hydrogens is 407 g/mol. The number of ether oxygens (including phenoxy) is 1. The van der Waals surface area contributed by atoms with Crippen molar-refractivity contribution in [2.75, 3.05) is 6.61 Å². The molecule has 2 aromatic heterocycles. The van der Waals surface area contributed by atoms with Gasteiger partial charge in [-0.2, -0.15) is 18.3 Å². The first-order chi connectivity index (χ1) is 14.2. The van der Waals surface area contributed by atoms with Gasteiger partial charge >= 0.3 is 6.18 Å². The van der Waals surface area contributed by atoms with Crippen LogP contribution < -0.4 is 15.6 Å². The van der Waals surface area contributed by atoms with Gasteiger partial charge in [-0.1, -0.05) is 18.2 Å². The SMILES string of the molecule is O=C(NNC(=O)c1nn(-c2ccccc2)cc1O)c1cccnc1OCC(F)(F)F. The number of pyridine rings is 1. The number of hydrogen-bond donors (Lipinski definition) is 3. The van der Waals surface area contributed by atoms with E-state index in [1.165, 1.54) is 23.0 Å². The van der Waals surface area contributed by atoms with Gasteiger partial charge in [0.1, 0.15) is 5.56 Å². The topological polar surface area (TPSA) is 118 Å². The Bertz CT molecular complexity index is 1050. The second-order valence-corrected chi connectivity index (χ2v) is 5.81. The van der Waals surface area contributed by atoms with E-state index in [1.54, 1.807) is 30.3 Å². The van der Waals surface area contributed by atoms with Gasteiger partial charge in [0.2, 0.25) is 5.88 Å². The lowest BCUT2D eigenvalue weighted by molar-refractivity contribution is -0.154. The summed E-state index contributed by atoms with van der Waals surface area (Å²) in [6.45, 7) is -1.64. The molecular formula is C18H14F3N5O4. The van der Waals surface area contributed by atoms with Crippen LogP contribution in [0.2, 0.25) is 0 Å². The molecule has 0 atom stereocenters. The molecule has 0 unspecified atom stereocenters. The summed E-state index contributed by atoms with van der Waals surface area (Å²) in [5, 5.41) is 13.9. The Hall–Kier alpha value is -4.09. The van der Waals surface area contributed by atoms with E-state index < -0.39 is 36.2 Å². The molecule has 2 amide bonds. The number of para-hydroxylation sites is 1. The number of carbonyl (C=O) groups excluding carboxylic acids is 2. The van der Waals surface area contributed by atoms with Crippen molar-refractivity contribution in [3.8, 4) is 17.3 Å². The molecule has 1 aromatic carbocycles. The average molecular weight is 421 g/mol. The minimum atomic E-state index is -4.62. The molecule has 12 heteroatoms. The first kappa shape index (κ1) is 20.6. The van der Waals surface area contributed by atoms with Crippen molar-refractivity contribution in [2.45, 2.75) is 6.18 Å². The number of aromatic hydroxyl groups is 1. The quantitative estimate of drug-likeness (QED) is 0.543. The number of rotatable bonds is 5. The van der Waals surface area contributed by atoms with E-state index in [-0.39, 0.29) is 11.3 Å². The summed E-state index contributed by atoms with van der Waals surface area (Å²) in [4.78, 5) is 28.0. The number of nitrogens with one attached hydrogen (secondary N) is 2. The number of alkyl halides is 3. The normalized spacial score (nSPS) is 11.0. The van der Waals surface area contributed by atoms with Crippen LogP contribution in [-0.2, 0) is 0 Å². The third-order valence-corrected chi connectivity index (χ3v) is 3.61. The predicted octanol–water partition coefficient (Wildman–Crippen LogP) is 1.99. The second-order valence-electron chi connectivity index (χ2n) is 5.81. The van der Waals surface area contributed by atoms with Crippen molar-refractivity contribution in [2.24, 2.45) is 0 Å². The van der Waals surface area contributed by atoms with E-state index in [4.69, 9.17) is 0 Å². The van der Waals surface area contributed by atoms with E-state index in [2.05, 4.69) is 14.8 Å². The lowest BCUT2D eigenvalue weighted by Gasteiger charge is -2.12. The van der Waals surface area contributed by atoms with Crippen molar-refractivity contribution in [1.29, 1.82) is 0 Å². The Morgan fingerprint density at radius 2 is 1.77 bits per heavy atom. The van der Waals surface area contributed by atoms with Gasteiger partial charge in [0.15, 0.2) is 18.1 Å².